The van der Waals surface area contributed by atoms with Crippen LogP contribution >= 0.6 is 11.6 Å². The molecule has 0 aliphatic carbocycles. The molecular weight excluding hydrogens is 317 g/mol. The molecule has 22 heavy (non-hydrogen) atoms. The zero-order chi connectivity index (χ0) is 16.3. The summed E-state index contributed by atoms with van der Waals surface area (Å²) in [5, 5.41) is 2.98. The summed E-state index contributed by atoms with van der Waals surface area (Å²) < 4.78 is 39.1. The van der Waals surface area contributed by atoms with Gasteiger partial charge in [0.1, 0.15) is 0 Å². The Kier molecular flexibility index (Phi) is 4.81. The molecule has 0 aliphatic heterocycles. The van der Waals surface area contributed by atoms with Gasteiger partial charge in [-0.15, -0.1) is 0 Å². The van der Waals surface area contributed by atoms with Crippen molar-refractivity contribution in [3.8, 4) is 0 Å². The van der Waals surface area contributed by atoms with Gasteiger partial charge in [-0.1, -0.05) is 23.7 Å². The van der Waals surface area contributed by atoms with Crippen molar-refractivity contribution in [3.63, 3.8) is 0 Å². The summed E-state index contributed by atoms with van der Waals surface area (Å²) in [7, 11) is 0. The second kappa shape index (κ2) is 6.44. The Balaban J connectivity index is 2.21. The second-order valence-corrected chi connectivity index (χ2v) is 5.49. The van der Waals surface area contributed by atoms with E-state index in [1.165, 1.54) is 0 Å². The van der Waals surface area contributed by atoms with Crippen LogP contribution in [-0.4, -0.2) is 10.1 Å². The van der Waals surface area contributed by atoms with Crippen molar-refractivity contribution in [1.82, 2.24) is 4.57 Å². The van der Waals surface area contributed by atoms with E-state index >= 15 is 0 Å². The Morgan fingerprint density at radius 1 is 1.18 bits per heavy atom. The quantitative estimate of drug-likeness (QED) is 0.681. The zero-order valence-electron chi connectivity index (χ0n) is 11.7. The lowest BCUT2D eigenvalue weighted by molar-refractivity contribution is -0.138. The predicted octanol–water partition coefficient (Wildman–Crippen LogP) is 3.91. The third-order valence-corrected chi connectivity index (χ3v) is 3.09. The second-order valence-electron chi connectivity index (χ2n) is 4.84. The van der Waals surface area contributed by atoms with Gasteiger partial charge in [-0.25, -0.2) is 0 Å². The Bertz CT molecular complexity index is 693. The Hall–Kier alpha value is -1.95. The maximum absolute atomic E-state index is 12.7. The fraction of sp³-hybridized carbons (Fsp3) is 0.267. The van der Waals surface area contributed by atoms with Crippen LogP contribution in [0.15, 0.2) is 47.4 Å². The fourth-order valence-electron chi connectivity index (χ4n) is 1.96. The molecule has 1 heterocycles. The molecule has 0 bridgehead atoms. The van der Waals surface area contributed by atoms with E-state index in [4.69, 9.17) is 11.6 Å². The number of nitrogens with one attached hydrogen (secondary N) is 1. The molecule has 0 aliphatic rings. The van der Waals surface area contributed by atoms with E-state index in [0.29, 0.717) is 5.56 Å². The first-order valence-corrected chi connectivity index (χ1v) is 6.96. The van der Waals surface area contributed by atoms with Gasteiger partial charge in [-0.05, 0) is 30.7 Å². The molecule has 2 rings (SSSR count). The molecule has 0 spiro atoms. The van der Waals surface area contributed by atoms with Gasteiger partial charge in [0.15, 0.2) is 0 Å². The minimum Gasteiger partial charge on any atom is -0.369 e. The summed E-state index contributed by atoms with van der Waals surface area (Å²) in [6.45, 7) is 1.84. The lowest BCUT2D eigenvalue weighted by Gasteiger charge is -2.12. The number of aromatic nitrogens is 1. The van der Waals surface area contributed by atoms with E-state index in [9.17, 15) is 18.0 Å². The normalized spacial score (nSPS) is 13.0. The largest absolute Gasteiger partial charge is 0.417 e. The first kappa shape index (κ1) is 16.4. The molecule has 0 fully saturated rings. The maximum Gasteiger partial charge on any atom is 0.417 e. The lowest BCUT2D eigenvalue weighted by Crippen LogP contribution is -2.21. The van der Waals surface area contributed by atoms with Gasteiger partial charge < -0.3 is 9.88 Å². The molecule has 1 N–H and O–H groups in total. The van der Waals surface area contributed by atoms with E-state index in [-0.39, 0.29) is 12.0 Å². The highest BCUT2D eigenvalue weighted by Gasteiger charge is 2.31. The van der Waals surface area contributed by atoms with Crippen LogP contribution in [0.1, 0.15) is 18.1 Å². The van der Waals surface area contributed by atoms with Gasteiger partial charge in [-0.2, -0.15) is 13.2 Å². The van der Waals surface area contributed by atoms with Crippen molar-refractivity contribution < 1.29 is 13.2 Å². The minimum atomic E-state index is -4.47. The van der Waals surface area contributed by atoms with Crippen molar-refractivity contribution >= 4 is 17.3 Å². The fourth-order valence-corrected chi connectivity index (χ4v) is 2.08. The molecular formula is C15H14ClF3N2O. The Morgan fingerprint density at radius 3 is 2.36 bits per heavy atom. The average molecular weight is 331 g/mol. The van der Waals surface area contributed by atoms with E-state index in [0.717, 1.165) is 28.6 Å². The number of nitrogens with zero attached hydrogens (tertiary/aromatic N) is 1. The summed E-state index contributed by atoms with van der Waals surface area (Å²) in [5.41, 5.74) is -0.0558. The highest BCUT2D eigenvalue weighted by molar-refractivity contribution is 6.21. The van der Waals surface area contributed by atoms with Gasteiger partial charge in [0.2, 0.25) is 0 Å². The van der Waals surface area contributed by atoms with Crippen molar-refractivity contribution in [2.24, 2.45) is 0 Å². The van der Waals surface area contributed by atoms with E-state index in [2.05, 4.69) is 5.32 Å². The van der Waals surface area contributed by atoms with Crippen LogP contribution in [0.2, 0.25) is 0 Å². The molecule has 2 aromatic rings. The molecule has 0 saturated heterocycles. The van der Waals surface area contributed by atoms with Crippen LogP contribution in [0.5, 0.6) is 0 Å². The van der Waals surface area contributed by atoms with Crippen molar-refractivity contribution in [2.45, 2.75) is 25.1 Å². The van der Waals surface area contributed by atoms with Crippen LogP contribution in [0.25, 0.3) is 0 Å². The first-order chi connectivity index (χ1) is 10.3. The van der Waals surface area contributed by atoms with E-state index < -0.39 is 17.3 Å². The smallest absolute Gasteiger partial charge is 0.369 e. The summed E-state index contributed by atoms with van der Waals surface area (Å²) in [4.78, 5) is 11.7. The topological polar surface area (TPSA) is 34.0 Å². The molecule has 0 radical (unpaired) electrons. The first-order valence-electron chi connectivity index (χ1n) is 6.53. The number of hydrogen-bond acceptors (Lipinski definition) is 2. The number of benzene rings is 1. The third-order valence-electron chi connectivity index (χ3n) is 2.98. The summed E-state index contributed by atoms with van der Waals surface area (Å²) in [6, 6.07) is 8.68. The standard InChI is InChI=1S/C15H14ClF3N2O/c1-10(16)20-13-5-2-11(3-6-13)8-21-9-12(15(17,18)19)4-7-14(21)22/h2-7,9-10,20H,8H2,1H3. The number of pyridine rings is 1. The molecule has 1 aromatic heterocycles. The number of rotatable bonds is 4. The number of halogens is 4. The van der Waals surface area contributed by atoms with Crippen molar-refractivity contribution in [3.05, 3.63) is 64.1 Å². The van der Waals surface area contributed by atoms with Crippen LogP contribution in [0.4, 0.5) is 18.9 Å². The van der Waals surface area contributed by atoms with Crippen LogP contribution in [-0.2, 0) is 12.7 Å². The number of hydrogen-bond donors (Lipinski definition) is 1. The summed E-state index contributed by atoms with van der Waals surface area (Å²) in [6.07, 6.45) is -3.64. The van der Waals surface area contributed by atoms with Gasteiger partial charge in [0.25, 0.3) is 5.56 Å². The summed E-state index contributed by atoms with van der Waals surface area (Å²) >= 11 is 5.80. The van der Waals surface area contributed by atoms with Crippen molar-refractivity contribution in [1.29, 1.82) is 0 Å². The monoisotopic (exact) mass is 330 g/mol. The lowest BCUT2D eigenvalue weighted by atomic mass is 10.2. The molecule has 7 heteroatoms. The zero-order valence-corrected chi connectivity index (χ0v) is 12.4. The van der Waals surface area contributed by atoms with Crippen LogP contribution in [0.3, 0.4) is 0 Å². The molecule has 1 aromatic carbocycles. The van der Waals surface area contributed by atoms with Crippen LogP contribution in [0, 0.1) is 0 Å². The van der Waals surface area contributed by atoms with E-state index in [1.54, 1.807) is 31.2 Å². The molecule has 1 unspecified atom stereocenters. The minimum absolute atomic E-state index is 0.0689. The van der Waals surface area contributed by atoms with Gasteiger partial charge >= 0.3 is 6.18 Å². The molecule has 0 amide bonds. The van der Waals surface area contributed by atoms with Crippen LogP contribution < -0.4 is 10.9 Å². The predicted molar refractivity (Wildman–Crippen MR) is 80.2 cm³/mol. The Morgan fingerprint density at radius 2 is 1.82 bits per heavy atom. The highest BCUT2D eigenvalue weighted by Crippen LogP contribution is 2.28. The number of anilines is 1. The highest BCUT2D eigenvalue weighted by atomic mass is 35.5. The Labute approximate surface area is 130 Å². The SMILES string of the molecule is CC(Cl)Nc1ccc(Cn2cc(C(F)(F)F)ccc2=O)cc1. The van der Waals surface area contributed by atoms with Gasteiger partial charge in [-0.3, -0.25) is 4.79 Å². The van der Waals surface area contributed by atoms with Gasteiger partial charge in [0, 0.05) is 18.0 Å². The summed E-state index contributed by atoms with van der Waals surface area (Å²) in [5.74, 6) is 0. The van der Waals surface area contributed by atoms with E-state index in [1.807, 2.05) is 0 Å². The van der Waals surface area contributed by atoms with Crippen molar-refractivity contribution in [2.75, 3.05) is 5.32 Å². The average Bonchev–Trinajstić information content (AvgIpc) is 2.41. The molecule has 3 nitrogen and oxygen atoms in total. The molecule has 0 saturated carbocycles. The molecule has 118 valence electrons. The van der Waals surface area contributed by atoms with Gasteiger partial charge in [0.05, 0.1) is 17.6 Å². The number of alkyl halides is 4. The molecule has 1 atom stereocenters. The maximum atomic E-state index is 12.7. The third kappa shape index (κ3) is 4.27.